The van der Waals surface area contributed by atoms with Gasteiger partial charge >= 0.3 is 0 Å². The summed E-state index contributed by atoms with van der Waals surface area (Å²) in [5.41, 5.74) is 10.7. The van der Waals surface area contributed by atoms with E-state index in [0.29, 0.717) is 29.7 Å². The molecule has 9 heteroatoms. The number of aryl methyl sites for hydroxylation is 1. The lowest BCUT2D eigenvalue weighted by atomic mass is 10.0. The van der Waals surface area contributed by atoms with Crippen molar-refractivity contribution in [1.82, 2.24) is 9.88 Å². The summed E-state index contributed by atoms with van der Waals surface area (Å²) >= 11 is 1.60. The van der Waals surface area contributed by atoms with E-state index in [9.17, 15) is 0 Å². The number of nitrogens with zero attached hydrogens (tertiary/aromatic N) is 5. The van der Waals surface area contributed by atoms with E-state index < -0.39 is 0 Å². The molecule has 0 radical (unpaired) electrons. The first-order chi connectivity index (χ1) is 17.5. The van der Waals surface area contributed by atoms with Crippen LogP contribution >= 0.6 is 11.3 Å². The average Bonchev–Trinajstić information content (AvgIpc) is 3.37. The molecular weight excluding hydrogens is 473 g/mol. The summed E-state index contributed by atoms with van der Waals surface area (Å²) in [6.45, 7) is 6.07. The minimum atomic E-state index is -0.227. The first kappa shape index (κ1) is 22.8. The molecule has 2 aliphatic rings. The van der Waals surface area contributed by atoms with Gasteiger partial charge in [-0.05, 0) is 55.2 Å². The van der Waals surface area contributed by atoms with Gasteiger partial charge in [0, 0.05) is 48.8 Å². The van der Waals surface area contributed by atoms with Crippen LogP contribution in [0.5, 0.6) is 0 Å². The van der Waals surface area contributed by atoms with Crippen molar-refractivity contribution in [3.05, 3.63) is 70.3 Å². The number of thiophene rings is 1. The van der Waals surface area contributed by atoms with Crippen molar-refractivity contribution < 1.29 is 4.39 Å². The summed E-state index contributed by atoms with van der Waals surface area (Å²) in [5.74, 6) is 1.04. The number of rotatable bonds is 4. The second kappa shape index (κ2) is 9.07. The standard InChI is InChI=1S/C27H28FN7S/c1-17-3-5-20-19(24(17)35-16-31-26(29)25-23(35)8-14-36-25)7-9-30-27(20)32-18-4-6-22(21(28)15-18)34-12-10-33(2)11-13-34/h3-9,14-15H,10-13,16H2,1-2H3,(H2,29,31)(H,30,32). The number of hydrogen-bond acceptors (Lipinski definition) is 8. The number of pyridine rings is 1. The van der Waals surface area contributed by atoms with Gasteiger partial charge in [-0.2, -0.15) is 0 Å². The highest BCUT2D eigenvalue weighted by molar-refractivity contribution is 7.12. The summed E-state index contributed by atoms with van der Waals surface area (Å²) < 4.78 is 15.1. The van der Waals surface area contributed by atoms with Crippen molar-refractivity contribution in [3.63, 3.8) is 0 Å². The Morgan fingerprint density at radius 2 is 1.83 bits per heavy atom. The highest BCUT2D eigenvalue weighted by Crippen LogP contribution is 2.41. The third-order valence-electron chi connectivity index (χ3n) is 6.99. The molecular formula is C27H28FN7S. The summed E-state index contributed by atoms with van der Waals surface area (Å²) in [6, 6.07) is 13.6. The van der Waals surface area contributed by atoms with Crippen LogP contribution in [-0.2, 0) is 0 Å². The van der Waals surface area contributed by atoms with E-state index in [1.54, 1.807) is 23.6 Å². The minimum absolute atomic E-state index is 0.227. The molecule has 2 aliphatic heterocycles. The van der Waals surface area contributed by atoms with Crippen LogP contribution in [0.3, 0.4) is 0 Å². The van der Waals surface area contributed by atoms with Gasteiger partial charge in [0.1, 0.15) is 24.1 Å². The summed E-state index contributed by atoms with van der Waals surface area (Å²) in [4.78, 5) is 16.7. The molecule has 0 saturated carbocycles. The molecule has 36 heavy (non-hydrogen) atoms. The Morgan fingerprint density at radius 1 is 1.00 bits per heavy atom. The molecule has 4 aromatic rings. The second-order valence-electron chi connectivity index (χ2n) is 9.32. The molecule has 0 aliphatic carbocycles. The molecule has 3 N–H and O–H groups in total. The molecule has 0 atom stereocenters. The number of nitrogens with two attached hydrogens (primary N) is 1. The van der Waals surface area contributed by atoms with Gasteiger partial charge in [-0.1, -0.05) is 12.1 Å². The number of likely N-dealkylation sites (N-methyl/N-ethyl adjacent to an activating group) is 1. The predicted molar refractivity (Wildman–Crippen MR) is 148 cm³/mol. The maximum atomic E-state index is 15.1. The van der Waals surface area contributed by atoms with Crippen molar-refractivity contribution in [2.24, 2.45) is 10.7 Å². The normalized spacial score (nSPS) is 16.2. The smallest absolute Gasteiger partial charge is 0.148 e. The number of hydrogen-bond donors (Lipinski definition) is 2. The van der Waals surface area contributed by atoms with Gasteiger partial charge < -0.3 is 25.8 Å². The third kappa shape index (κ3) is 3.94. The number of benzene rings is 2. The Hall–Kier alpha value is -3.69. The number of fused-ring (bicyclic) bond motifs is 2. The summed E-state index contributed by atoms with van der Waals surface area (Å²) in [7, 11) is 2.10. The van der Waals surface area contributed by atoms with Crippen molar-refractivity contribution in [1.29, 1.82) is 0 Å². The summed E-state index contributed by atoms with van der Waals surface area (Å²) in [6.07, 6.45) is 1.79. The fraction of sp³-hybridized carbons (Fsp3) is 0.259. The molecule has 0 spiro atoms. The molecule has 1 fully saturated rings. The van der Waals surface area contributed by atoms with Crippen LogP contribution in [0.1, 0.15) is 10.4 Å². The van der Waals surface area contributed by atoms with Crippen molar-refractivity contribution >= 4 is 56.5 Å². The number of nitrogens with one attached hydrogen (secondary N) is 1. The van der Waals surface area contributed by atoms with Crippen molar-refractivity contribution in [3.8, 4) is 0 Å². The van der Waals surface area contributed by atoms with Gasteiger partial charge in [-0.15, -0.1) is 11.3 Å². The van der Waals surface area contributed by atoms with Crippen LogP contribution in [0.4, 0.5) is 33.0 Å². The van der Waals surface area contributed by atoms with Crippen LogP contribution in [-0.4, -0.2) is 55.6 Å². The molecule has 6 rings (SSSR count). The van der Waals surface area contributed by atoms with Gasteiger partial charge in [-0.3, -0.25) is 0 Å². The number of anilines is 5. The van der Waals surface area contributed by atoms with E-state index in [4.69, 9.17) is 5.73 Å². The molecule has 7 nitrogen and oxygen atoms in total. The van der Waals surface area contributed by atoms with Gasteiger partial charge in [0.2, 0.25) is 0 Å². The summed E-state index contributed by atoms with van der Waals surface area (Å²) in [5, 5.41) is 7.41. The number of aromatic nitrogens is 1. The lowest BCUT2D eigenvalue weighted by molar-refractivity contribution is 0.311. The van der Waals surface area contributed by atoms with Crippen molar-refractivity contribution in [2.75, 3.05) is 55.0 Å². The quantitative estimate of drug-likeness (QED) is 0.408. The van der Waals surface area contributed by atoms with E-state index in [1.807, 2.05) is 23.6 Å². The topological polar surface area (TPSA) is 73.0 Å². The van der Waals surface area contributed by atoms with Gasteiger partial charge in [0.25, 0.3) is 0 Å². The molecule has 0 unspecified atom stereocenters. The maximum absolute atomic E-state index is 15.1. The lowest BCUT2D eigenvalue weighted by Gasteiger charge is -2.34. The molecule has 4 heterocycles. The predicted octanol–water partition coefficient (Wildman–Crippen LogP) is 5.05. The fourth-order valence-electron chi connectivity index (χ4n) is 5.02. The van der Waals surface area contributed by atoms with E-state index in [-0.39, 0.29) is 5.82 Å². The van der Waals surface area contributed by atoms with E-state index in [0.717, 1.165) is 58.8 Å². The Balaban J connectivity index is 1.34. The zero-order valence-electron chi connectivity index (χ0n) is 20.3. The van der Waals surface area contributed by atoms with Gasteiger partial charge in [0.05, 0.1) is 21.9 Å². The maximum Gasteiger partial charge on any atom is 0.148 e. The highest BCUT2D eigenvalue weighted by Gasteiger charge is 2.24. The third-order valence-corrected chi connectivity index (χ3v) is 7.92. The zero-order valence-corrected chi connectivity index (χ0v) is 21.1. The minimum Gasteiger partial charge on any atom is -0.383 e. The number of piperazine rings is 1. The van der Waals surface area contributed by atoms with Crippen LogP contribution in [0.25, 0.3) is 10.8 Å². The first-order valence-electron chi connectivity index (χ1n) is 12.0. The van der Waals surface area contributed by atoms with Crippen LogP contribution in [0.2, 0.25) is 0 Å². The van der Waals surface area contributed by atoms with E-state index in [2.05, 4.69) is 62.2 Å². The van der Waals surface area contributed by atoms with E-state index in [1.165, 1.54) is 0 Å². The lowest BCUT2D eigenvalue weighted by Crippen LogP contribution is -2.44. The molecule has 2 aromatic carbocycles. The largest absolute Gasteiger partial charge is 0.383 e. The molecule has 0 amide bonds. The first-order valence-corrected chi connectivity index (χ1v) is 12.9. The van der Waals surface area contributed by atoms with Crippen LogP contribution in [0.15, 0.2) is 59.0 Å². The Bertz CT molecular complexity index is 1470. The van der Waals surface area contributed by atoms with Crippen molar-refractivity contribution in [2.45, 2.75) is 6.92 Å². The zero-order chi connectivity index (χ0) is 24.8. The molecule has 0 bridgehead atoms. The fourth-order valence-corrected chi connectivity index (χ4v) is 5.84. The van der Waals surface area contributed by atoms with Crippen LogP contribution in [0, 0.1) is 12.7 Å². The Kier molecular flexibility index (Phi) is 5.73. The highest BCUT2D eigenvalue weighted by atomic mass is 32.1. The van der Waals surface area contributed by atoms with E-state index >= 15 is 4.39 Å². The number of aliphatic imine (C=N–C) groups is 1. The average molecular weight is 502 g/mol. The number of amidine groups is 1. The van der Waals surface area contributed by atoms with Gasteiger partial charge in [0.15, 0.2) is 0 Å². The number of halogens is 1. The molecule has 2 aromatic heterocycles. The monoisotopic (exact) mass is 501 g/mol. The second-order valence-corrected chi connectivity index (χ2v) is 10.2. The molecule has 1 saturated heterocycles. The Morgan fingerprint density at radius 3 is 2.64 bits per heavy atom. The van der Waals surface area contributed by atoms with Gasteiger partial charge in [-0.25, -0.2) is 14.4 Å². The SMILES string of the molecule is Cc1ccc2c(Nc3ccc(N4CCN(C)CC4)c(F)c3)nccc2c1N1CN=C(N)c2sccc21. The molecule has 184 valence electrons. The van der Waals surface area contributed by atoms with Crippen LogP contribution < -0.4 is 20.9 Å². The Labute approximate surface area is 213 Å².